The molecule has 8 aromatic carbocycles. The van der Waals surface area contributed by atoms with Crippen molar-refractivity contribution in [2.75, 3.05) is 0 Å². The number of aromatic nitrogens is 4. The standard InChI is InChI=1S/C51H32N4S/c1-3-14-33(15-4-1)37-30-31-43(46(32-37)55-44-23-10-7-18-39(44)40-19-8-11-24-45(40)55)51-53-49(35-16-5-2-6-17-35)52-50(54-51)36-28-26-34(27-29-36)38-21-13-22-42-41-20-9-12-25-47(41)56-48(38)42/h1-32H. The van der Waals surface area contributed by atoms with E-state index >= 15 is 0 Å². The third-order valence-corrected chi connectivity index (χ3v) is 11.9. The zero-order chi connectivity index (χ0) is 37.0. The van der Waals surface area contributed by atoms with Crippen molar-refractivity contribution in [3.63, 3.8) is 0 Å². The minimum absolute atomic E-state index is 0.615. The van der Waals surface area contributed by atoms with E-state index in [0.717, 1.165) is 50.1 Å². The lowest BCUT2D eigenvalue weighted by atomic mass is 10.0. The van der Waals surface area contributed by atoms with Crippen LogP contribution in [0.1, 0.15) is 0 Å². The van der Waals surface area contributed by atoms with Crippen LogP contribution in [0.2, 0.25) is 0 Å². The average Bonchev–Trinajstić information content (AvgIpc) is 3.83. The molecule has 3 heterocycles. The van der Waals surface area contributed by atoms with Gasteiger partial charge in [-0.25, -0.2) is 15.0 Å². The molecule has 56 heavy (non-hydrogen) atoms. The van der Waals surface area contributed by atoms with Crippen molar-refractivity contribution in [1.82, 2.24) is 19.5 Å². The fourth-order valence-corrected chi connectivity index (χ4v) is 9.25. The predicted molar refractivity (Wildman–Crippen MR) is 234 cm³/mol. The number of hydrogen-bond donors (Lipinski definition) is 0. The number of para-hydroxylation sites is 2. The summed E-state index contributed by atoms with van der Waals surface area (Å²) in [6.07, 6.45) is 0. The van der Waals surface area contributed by atoms with Crippen molar-refractivity contribution in [2.45, 2.75) is 0 Å². The number of hydrogen-bond acceptors (Lipinski definition) is 4. The molecule has 0 saturated heterocycles. The molecule has 0 unspecified atom stereocenters. The fraction of sp³-hybridized carbons (Fsp3) is 0. The second-order valence-corrected chi connectivity index (χ2v) is 15.0. The van der Waals surface area contributed by atoms with Crippen LogP contribution in [0.5, 0.6) is 0 Å². The monoisotopic (exact) mass is 732 g/mol. The molecule has 11 rings (SSSR count). The van der Waals surface area contributed by atoms with E-state index in [1.54, 1.807) is 0 Å². The molecule has 3 aromatic heterocycles. The second-order valence-electron chi connectivity index (χ2n) is 14.0. The van der Waals surface area contributed by atoms with Crippen LogP contribution < -0.4 is 0 Å². The molecule has 0 N–H and O–H groups in total. The van der Waals surface area contributed by atoms with Gasteiger partial charge in [0.25, 0.3) is 0 Å². The molecule has 11 aromatic rings. The Morgan fingerprint density at radius 2 is 0.857 bits per heavy atom. The molecule has 262 valence electrons. The van der Waals surface area contributed by atoms with E-state index in [1.807, 2.05) is 29.5 Å². The summed E-state index contributed by atoms with van der Waals surface area (Å²) in [6, 6.07) is 68.5. The summed E-state index contributed by atoms with van der Waals surface area (Å²) >= 11 is 1.85. The molecule has 0 atom stereocenters. The highest BCUT2D eigenvalue weighted by molar-refractivity contribution is 7.26. The molecule has 0 bridgehead atoms. The fourth-order valence-electron chi connectivity index (χ4n) is 8.01. The Bertz CT molecular complexity index is 3180. The molecular weight excluding hydrogens is 701 g/mol. The van der Waals surface area contributed by atoms with E-state index < -0.39 is 0 Å². The van der Waals surface area contributed by atoms with Gasteiger partial charge in [0.15, 0.2) is 17.5 Å². The number of benzene rings is 8. The van der Waals surface area contributed by atoms with Crippen LogP contribution in [0.3, 0.4) is 0 Å². The highest BCUT2D eigenvalue weighted by Crippen LogP contribution is 2.41. The maximum Gasteiger partial charge on any atom is 0.166 e. The molecule has 0 saturated carbocycles. The summed E-state index contributed by atoms with van der Waals surface area (Å²) in [4.78, 5) is 15.6. The lowest BCUT2D eigenvalue weighted by molar-refractivity contribution is 1.06. The molecule has 0 radical (unpaired) electrons. The number of fused-ring (bicyclic) bond motifs is 6. The normalized spacial score (nSPS) is 11.6. The largest absolute Gasteiger partial charge is 0.308 e. The maximum atomic E-state index is 5.28. The summed E-state index contributed by atoms with van der Waals surface area (Å²) < 4.78 is 4.96. The van der Waals surface area contributed by atoms with Gasteiger partial charge >= 0.3 is 0 Å². The second kappa shape index (κ2) is 13.3. The Kier molecular flexibility index (Phi) is 7.64. The smallest absolute Gasteiger partial charge is 0.166 e. The van der Waals surface area contributed by atoms with E-state index in [2.05, 4.69) is 180 Å². The van der Waals surface area contributed by atoms with Crippen LogP contribution in [0.15, 0.2) is 194 Å². The summed E-state index contributed by atoms with van der Waals surface area (Å²) in [6.45, 7) is 0. The van der Waals surface area contributed by atoms with E-state index in [-0.39, 0.29) is 0 Å². The Morgan fingerprint density at radius 3 is 1.55 bits per heavy atom. The quantitative estimate of drug-likeness (QED) is 0.171. The first-order chi connectivity index (χ1) is 27.8. The van der Waals surface area contributed by atoms with Crippen LogP contribution in [0.25, 0.3) is 104 Å². The van der Waals surface area contributed by atoms with E-state index in [9.17, 15) is 0 Å². The summed E-state index contributed by atoms with van der Waals surface area (Å²) in [5.74, 6) is 1.87. The van der Waals surface area contributed by atoms with Gasteiger partial charge in [-0.05, 0) is 52.6 Å². The first kappa shape index (κ1) is 32.2. The van der Waals surface area contributed by atoms with Crippen LogP contribution >= 0.6 is 11.3 Å². The topological polar surface area (TPSA) is 43.6 Å². The summed E-state index contributed by atoms with van der Waals surface area (Å²) in [5, 5.41) is 4.99. The number of rotatable bonds is 6. The molecule has 0 aliphatic rings. The van der Waals surface area contributed by atoms with Crippen molar-refractivity contribution < 1.29 is 0 Å². The van der Waals surface area contributed by atoms with Crippen molar-refractivity contribution in [1.29, 1.82) is 0 Å². The Morgan fingerprint density at radius 1 is 0.339 bits per heavy atom. The molecular formula is C51H32N4S. The molecule has 0 fully saturated rings. The molecule has 4 nitrogen and oxygen atoms in total. The van der Waals surface area contributed by atoms with Gasteiger partial charge in [0.1, 0.15) is 0 Å². The van der Waals surface area contributed by atoms with Gasteiger partial charge < -0.3 is 4.57 Å². The van der Waals surface area contributed by atoms with Crippen LogP contribution in [0, 0.1) is 0 Å². The molecule has 0 spiro atoms. The van der Waals surface area contributed by atoms with Gasteiger partial charge in [-0.1, -0.05) is 164 Å². The van der Waals surface area contributed by atoms with Crippen molar-refractivity contribution in [3.8, 4) is 62.1 Å². The Balaban J connectivity index is 1.11. The minimum Gasteiger partial charge on any atom is -0.308 e. The van der Waals surface area contributed by atoms with Crippen LogP contribution in [0.4, 0.5) is 0 Å². The zero-order valence-electron chi connectivity index (χ0n) is 30.2. The van der Waals surface area contributed by atoms with Gasteiger partial charge in [0.05, 0.1) is 16.7 Å². The molecule has 0 aliphatic carbocycles. The van der Waals surface area contributed by atoms with E-state index in [0.29, 0.717) is 17.5 Å². The van der Waals surface area contributed by atoms with Gasteiger partial charge in [-0.3, -0.25) is 0 Å². The van der Waals surface area contributed by atoms with Gasteiger partial charge in [-0.15, -0.1) is 11.3 Å². The van der Waals surface area contributed by atoms with Crippen molar-refractivity contribution >= 4 is 53.3 Å². The SMILES string of the molecule is c1ccc(-c2ccc(-c3nc(-c4ccccc4)nc(-c4ccc(-c5cccc6c5sc5ccccc56)cc4)n3)c(-n3c4ccccc4c4ccccc43)c2)cc1. The third-order valence-electron chi connectivity index (χ3n) is 10.7. The highest BCUT2D eigenvalue weighted by Gasteiger charge is 2.20. The molecule has 0 aliphatic heterocycles. The predicted octanol–water partition coefficient (Wildman–Crippen LogP) is 13.7. The first-order valence-electron chi connectivity index (χ1n) is 18.8. The van der Waals surface area contributed by atoms with Gasteiger partial charge in [0, 0.05) is 47.6 Å². The van der Waals surface area contributed by atoms with E-state index in [4.69, 9.17) is 15.0 Å². The first-order valence-corrected chi connectivity index (χ1v) is 19.6. The van der Waals surface area contributed by atoms with Gasteiger partial charge in [-0.2, -0.15) is 0 Å². The average molecular weight is 733 g/mol. The summed E-state index contributed by atoms with van der Waals surface area (Å²) in [5.41, 5.74) is 10.7. The number of nitrogens with zero attached hydrogens (tertiary/aromatic N) is 4. The number of thiophene rings is 1. The molecule has 0 amide bonds. The maximum absolute atomic E-state index is 5.28. The Hall–Kier alpha value is -7.21. The van der Waals surface area contributed by atoms with E-state index in [1.165, 1.54) is 36.5 Å². The Labute approximate surface area is 327 Å². The van der Waals surface area contributed by atoms with Crippen LogP contribution in [-0.2, 0) is 0 Å². The van der Waals surface area contributed by atoms with Crippen molar-refractivity contribution in [3.05, 3.63) is 194 Å². The van der Waals surface area contributed by atoms with Crippen molar-refractivity contribution in [2.24, 2.45) is 0 Å². The third kappa shape index (κ3) is 5.40. The zero-order valence-corrected chi connectivity index (χ0v) is 31.0. The lowest BCUT2D eigenvalue weighted by Crippen LogP contribution is -2.04. The molecule has 5 heteroatoms. The lowest BCUT2D eigenvalue weighted by Gasteiger charge is -2.16. The highest BCUT2D eigenvalue weighted by atomic mass is 32.1. The minimum atomic E-state index is 0.615. The van der Waals surface area contributed by atoms with Gasteiger partial charge in [0.2, 0.25) is 0 Å². The summed E-state index contributed by atoms with van der Waals surface area (Å²) in [7, 11) is 0. The van der Waals surface area contributed by atoms with Crippen LogP contribution in [-0.4, -0.2) is 19.5 Å².